The van der Waals surface area contributed by atoms with E-state index in [-0.39, 0.29) is 17.5 Å². The van der Waals surface area contributed by atoms with Gasteiger partial charge in [0.05, 0.1) is 29.0 Å². The normalized spacial score (nSPS) is 22.7. The van der Waals surface area contributed by atoms with Crippen LogP contribution in [0, 0.1) is 0 Å². The molecule has 2 saturated carbocycles. The molecular formula is C25H27FN6O2. The number of fused-ring (bicyclic) bond motifs is 1. The average Bonchev–Trinajstić information content (AvgIpc) is 3.78. The van der Waals surface area contributed by atoms with E-state index in [4.69, 9.17) is 0 Å². The Morgan fingerprint density at radius 1 is 1.12 bits per heavy atom. The molecule has 1 saturated heterocycles. The van der Waals surface area contributed by atoms with Gasteiger partial charge in [-0.2, -0.15) is 0 Å². The Morgan fingerprint density at radius 2 is 1.91 bits per heavy atom. The molecule has 0 spiro atoms. The summed E-state index contributed by atoms with van der Waals surface area (Å²) >= 11 is 0. The quantitative estimate of drug-likeness (QED) is 0.584. The Labute approximate surface area is 196 Å². The van der Waals surface area contributed by atoms with Crippen LogP contribution in [0.3, 0.4) is 0 Å². The van der Waals surface area contributed by atoms with Crippen LogP contribution in [0.4, 0.5) is 10.1 Å². The van der Waals surface area contributed by atoms with Crippen molar-refractivity contribution in [2.45, 2.75) is 43.9 Å². The highest BCUT2D eigenvalue weighted by molar-refractivity contribution is 5.93. The molecule has 8 nitrogen and oxygen atoms in total. The van der Waals surface area contributed by atoms with Crippen molar-refractivity contribution in [1.82, 2.24) is 25.2 Å². The summed E-state index contributed by atoms with van der Waals surface area (Å²) in [6.07, 6.45) is 5.27. The third-order valence-corrected chi connectivity index (χ3v) is 6.95. The van der Waals surface area contributed by atoms with Gasteiger partial charge in [0.2, 0.25) is 0 Å². The highest BCUT2D eigenvalue weighted by Gasteiger charge is 2.39. The molecule has 3 fully saturated rings. The van der Waals surface area contributed by atoms with E-state index in [1.165, 1.54) is 0 Å². The average molecular weight is 463 g/mol. The minimum absolute atomic E-state index is 0.0128. The number of nitrogens with zero attached hydrogens (tertiary/aromatic N) is 4. The second-order valence-electron chi connectivity index (χ2n) is 9.60. The maximum Gasteiger partial charge on any atom is 0.270 e. The number of pyridine rings is 3. The van der Waals surface area contributed by atoms with Crippen LogP contribution in [0.15, 0.2) is 41.5 Å². The van der Waals surface area contributed by atoms with Crippen molar-refractivity contribution in [2.75, 3.05) is 31.1 Å². The molecule has 3 aromatic heterocycles. The van der Waals surface area contributed by atoms with E-state index in [1.807, 2.05) is 24.4 Å². The summed E-state index contributed by atoms with van der Waals surface area (Å²) in [6.45, 7) is 4.24. The molecule has 9 heteroatoms. The number of carbonyl (C=O) groups is 1. The number of rotatable bonds is 6. The minimum atomic E-state index is -0.924. The van der Waals surface area contributed by atoms with E-state index >= 15 is 0 Å². The number of alkyl halides is 1. The Kier molecular flexibility index (Phi) is 5.28. The van der Waals surface area contributed by atoms with E-state index in [1.54, 1.807) is 12.3 Å². The fraction of sp³-hybridized carbons (Fsp3) is 0.440. The number of anilines is 1. The zero-order valence-electron chi connectivity index (χ0n) is 18.8. The summed E-state index contributed by atoms with van der Waals surface area (Å²) in [4.78, 5) is 41.0. The monoisotopic (exact) mass is 462 g/mol. The number of carbonyl (C=O) groups excluding carboxylic acids is 1. The lowest BCUT2D eigenvalue weighted by Gasteiger charge is -2.36. The van der Waals surface area contributed by atoms with E-state index in [2.05, 4.69) is 30.1 Å². The van der Waals surface area contributed by atoms with Crippen LogP contribution in [0.2, 0.25) is 0 Å². The summed E-state index contributed by atoms with van der Waals surface area (Å²) in [7, 11) is 0. The molecule has 0 aromatic carbocycles. The predicted octanol–water partition coefficient (Wildman–Crippen LogP) is 2.36. The van der Waals surface area contributed by atoms with Crippen LogP contribution in [-0.4, -0.2) is 64.2 Å². The zero-order chi connectivity index (χ0) is 23.2. The van der Waals surface area contributed by atoms with Gasteiger partial charge < -0.3 is 15.2 Å². The molecule has 1 amide bonds. The van der Waals surface area contributed by atoms with Crippen molar-refractivity contribution in [3.8, 4) is 0 Å². The molecule has 3 aromatic rings. The molecule has 0 unspecified atom stereocenters. The summed E-state index contributed by atoms with van der Waals surface area (Å²) in [5.41, 5.74) is 4.89. The van der Waals surface area contributed by atoms with Crippen LogP contribution in [-0.2, 0) is 6.54 Å². The number of aromatic amines is 1. The topological polar surface area (TPSA) is 94.2 Å². The van der Waals surface area contributed by atoms with Gasteiger partial charge in [-0.15, -0.1) is 0 Å². The van der Waals surface area contributed by atoms with Gasteiger partial charge in [-0.25, -0.2) is 9.37 Å². The Bertz CT molecular complexity index is 1280. The summed E-state index contributed by atoms with van der Waals surface area (Å²) in [5.74, 6) is 0.0805. The SMILES string of the molecule is O=C(N[C@@H]1C[C@@H]1F)c1ccc(N2CCN(Cc3cnc4cc(C5CC5)c(=O)[nH]c4c3)CC2)cn1. The van der Waals surface area contributed by atoms with Crippen molar-refractivity contribution in [3.63, 3.8) is 0 Å². The Balaban J connectivity index is 1.05. The van der Waals surface area contributed by atoms with Crippen molar-refractivity contribution >= 4 is 22.6 Å². The highest BCUT2D eigenvalue weighted by atomic mass is 19.1. The number of aromatic nitrogens is 3. The van der Waals surface area contributed by atoms with Crippen molar-refractivity contribution in [2.24, 2.45) is 0 Å². The molecule has 2 atom stereocenters. The second kappa shape index (κ2) is 8.47. The van der Waals surface area contributed by atoms with E-state index < -0.39 is 6.17 Å². The first kappa shape index (κ1) is 21.2. The van der Waals surface area contributed by atoms with Gasteiger partial charge in [0, 0.05) is 50.9 Å². The number of halogens is 1. The molecule has 0 radical (unpaired) electrons. The maximum atomic E-state index is 13.0. The Hall–Kier alpha value is -3.33. The van der Waals surface area contributed by atoms with Crippen LogP contribution in [0.1, 0.15) is 46.8 Å². The maximum absolute atomic E-state index is 13.0. The smallest absolute Gasteiger partial charge is 0.270 e. The highest BCUT2D eigenvalue weighted by Crippen LogP contribution is 2.38. The van der Waals surface area contributed by atoms with Gasteiger partial charge in [0.25, 0.3) is 11.5 Å². The molecule has 4 heterocycles. The lowest BCUT2D eigenvalue weighted by atomic mass is 10.1. The molecule has 34 heavy (non-hydrogen) atoms. The van der Waals surface area contributed by atoms with E-state index in [0.717, 1.165) is 73.4 Å². The van der Waals surface area contributed by atoms with Crippen molar-refractivity contribution in [1.29, 1.82) is 0 Å². The van der Waals surface area contributed by atoms with Gasteiger partial charge >= 0.3 is 0 Å². The second-order valence-corrected chi connectivity index (χ2v) is 9.60. The van der Waals surface area contributed by atoms with Crippen LogP contribution in [0.5, 0.6) is 0 Å². The van der Waals surface area contributed by atoms with Gasteiger partial charge in [0.1, 0.15) is 11.9 Å². The van der Waals surface area contributed by atoms with Crippen LogP contribution < -0.4 is 15.8 Å². The number of amides is 1. The van der Waals surface area contributed by atoms with Crippen molar-refractivity contribution < 1.29 is 9.18 Å². The first-order valence-electron chi connectivity index (χ1n) is 11.9. The molecule has 0 bridgehead atoms. The zero-order valence-corrected chi connectivity index (χ0v) is 18.8. The molecule has 2 aliphatic carbocycles. The predicted molar refractivity (Wildman–Crippen MR) is 127 cm³/mol. The van der Waals surface area contributed by atoms with Gasteiger partial charge in [-0.1, -0.05) is 0 Å². The third-order valence-electron chi connectivity index (χ3n) is 6.95. The third kappa shape index (κ3) is 4.40. The minimum Gasteiger partial charge on any atom is -0.368 e. The lowest BCUT2D eigenvalue weighted by Crippen LogP contribution is -2.46. The summed E-state index contributed by atoms with van der Waals surface area (Å²) in [5, 5.41) is 2.65. The molecule has 1 aliphatic heterocycles. The fourth-order valence-electron chi connectivity index (χ4n) is 4.61. The van der Waals surface area contributed by atoms with E-state index in [9.17, 15) is 14.0 Å². The first-order valence-corrected chi connectivity index (χ1v) is 11.9. The van der Waals surface area contributed by atoms with E-state index in [0.29, 0.717) is 18.0 Å². The fourth-order valence-corrected chi connectivity index (χ4v) is 4.61. The van der Waals surface area contributed by atoms with Crippen LogP contribution >= 0.6 is 0 Å². The largest absolute Gasteiger partial charge is 0.368 e. The summed E-state index contributed by atoms with van der Waals surface area (Å²) < 4.78 is 13.0. The van der Waals surface area contributed by atoms with Gasteiger partial charge in [-0.3, -0.25) is 19.5 Å². The van der Waals surface area contributed by atoms with Gasteiger partial charge in [-0.05, 0) is 48.6 Å². The Morgan fingerprint density at radius 3 is 2.59 bits per heavy atom. The number of H-pyrrole nitrogens is 1. The lowest BCUT2D eigenvalue weighted by molar-refractivity contribution is 0.0942. The van der Waals surface area contributed by atoms with Crippen LogP contribution in [0.25, 0.3) is 11.0 Å². The standard InChI is InChI=1S/C25H27FN6O2/c26-19-11-21(19)29-25(34)20-4-3-17(13-28-20)32-7-5-31(6-8-32)14-15-9-23-22(27-12-15)10-18(16-1-2-16)24(33)30-23/h3-4,9-10,12-13,16,19,21H,1-2,5-8,11,14H2,(H,29,34)(H,30,33)/t19-,21+/m0/s1. The summed E-state index contributed by atoms with van der Waals surface area (Å²) in [6, 6.07) is 7.22. The number of hydrogen-bond acceptors (Lipinski definition) is 6. The first-order chi connectivity index (χ1) is 16.5. The number of hydrogen-bond donors (Lipinski definition) is 2. The molecule has 176 valence electrons. The molecule has 2 N–H and O–H groups in total. The molecule has 3 aliphatic rings. The number of nitrogens with one attached hydrogen (secondary N) is 2. The number of piperazine rings is 1. The molecular weight excluding hydrogens is 435 g/mol. The molecule has 6 rings (SSSR count). The van der Waals surface area contributed by atoms with Crippen molar-refractivity contribution in [3.05, 3.63) is 63.8 Å². The van der Waals surface area contributed by atoms with Gasteiger partial charge in [0.15, 0.2) is 0 Å².